The molecule has 4 aromatic rings. The molecule has 2 aliphatic rings. The number of nitro groups is 1. The van der Waals surface area contributed by atoms with Gasteiger partial charge >= 0.3 is 0 Å². The number of ether oxygens (including phenoxy) is 1. The highest BCUT2D eigenvalue weighted by Gasteiger charge is 2.35. The molecule has 190 valence electrons. The van der Waals surface area contributed by atoms with Gasteiger partial charge in [-0.3, -0.25) is 10.1 Å². The average Bonchev–Trinajstić information content (AvgIpc) is 3.27. The van der Waals surface area contributed by atoms with E-state index in [0.29, 0.717) is 60.6 Å². The third-order valence-electron chi connectivity index (χ3n) is 6.78. The number of non-ortho nitro benzene ring substituents is 1. The van der Waals surface area contributed by atoms with Crippen LogP contribution in [0.15, 0.2) is 24.5 Å². The molecule has 13 heteroatoms. The first-order chi connectivity index (χ1) is 17.9. The Morgan fingerprint density at radius 2 is 1.76 bits per heavy atom. The molecule has 13 nitrogen and oxygen atoms in total. The zero-order valence-corrected chi connectivity index (χ0v) is 20.4. The predicted molar refractivity (Wildman–Crippen MR) is 134 cm³/mol. The van der Waals surface area contributed by atoms with Gasteiger partial charge in [0, 0.05) is 54.7 Å². The lowest BCUT2D eigenvalue weighted by Crippen LogP contribution is -2.39. The molecular weight excluding hydrogens is 478 g/mol. The zero-order valence-electron chi connectivity index (χ0n) is 20.4. The van der Waals surface area contributed by atoms with Crippen molar-refractivity contribution in [3.63, 3.8) is 0 Å². The van der Waals surface area contributed by atoms with E-state index in [9.17, 15) is 15.2 Å². The number of fused-ring (bicyclic) bond motifs is 3. The van der Waals surface area contributed by atoms with E-state index in [1.807, 2.05) is 13.8 Å². The van der Waals surface area contributed by atoms with Gasteiger partial charge in [0.25, 0.3) is 5.69 Å². The Kier molecular flexibility index (Phi) is 5.56. The Labute approximate surface area is 211 Å². The molecule has 1 aromatic carbocycles. The summed E-state index contributed by atoms with van der Waals surface area (Å²) in [5.74, 6) is 2.19. The van der Waals surface area contributed by atoms with Crippen molar-refractivity contribution in [2.24, 2.45) is 0 Å². The number of nitrogens with one attached hydrogen (secondary N) is 1. The quantitative estimate of drug-likeness (QED) is 0.311. The molecule has 1 fully saturated rings. The summed E-state index contributed by atoms with van der Waals surface area (Å²) in [5, 5.41) is 22.7. The first-order valence-electron chi connectivity index (χ1n) is 12.0. The fourth-order valence-electron chi connectivity index (χ4n) is 5.15. The predicted octanol–water partition coefficient (Wildman–Crippen LogP) is 2.36. The number of hydrogen-bond acceptors (Lipinski definition) is 11. The fraction of sp³-hybridized carbons (Fsp3) is 0.375. The maximum absolute atomic E-state index is 11.5. The monoisotopic (exact) mass is 503 g/mol. The van der Waals surface area contributed by atoms with Crippen molar-refractivity contribution in [2.75, 3.05) is 42.6 Å². The Balaban J connectivity index is 1.49. The minimum absolute atomic E-state index is 0.160. The highest BCUT2D eigenvalue weighted by atomic mass is 16.6. The zero-order chi connectivity index (χ0) is 25.7. The van der Waals surface area contributed by atoms with Gasteiger partial charge in [0.2, 0.25) is 11.9 Å². The van der Waals surface area contributed by atoms with Gasteiger partial charge < -0.3 is 24.6 Å². The van der Waals surface area contributed by atoms with Gasteiger partial charge in [-0.25, -0.2) is 15.0 Å². The highest BCUT2D eigenvalue weighted by Crippen LogP contribution is 2.42. The number of phenolic OH excluding ortho intramolecular Hbond substituents is 1. The summed E-state index contributed by atoms with van der Waals surface area (Å²) in [4.78, 5) is 41.2. The summed E-state index contributed by atoms with van der Waals surface area (Å²) in [6, 6.07) is 2.26. The molecule has 1 unspecified atom stereocenters. The number of anilines is 2. The van der Waals surface area contributed by atoms with Crippen molar-refractivity contribution in [3.05, 3.63) is 63.1 Å². The van der Waals surface area contributed by atoms with Crippen molar-refractivity contribution >= 4 is 28.5 Å². The van der Waals surface area contributed by atoms with E-state index in [1.165, 1.54) is 6.07 Å². The number of morpholine rings is 1. The van der Waals surface area contributed by atoms with E-state index in [1.54, 1.807) is 12.4 Å². The molecule has 0 spiro atoms. The number of aromatic hydroxyl groups is 1. The first-order valence-corrected chi connectivity index (χ1v) is 12.0. The Morgan fingerprint density at radius 1 is 1.05 bits per heavy atom. The number of aromatic amines is 1. The van der Waals surface area contributed by atoms with Gasteiger partial charge in [0.05, 0.1) is 29.7 Å². The van der Waals surface area contributed by atoms with Crippen LogP contribution in [0.25, 0.3) is 10.9 Å². The summed E-state index contributed by atoms with van der Waals surface area (Å²) < 4.78 is 5.43. The van der Waals surface area contributed by atoms with Crippen LogP contribution in [0.1, 0.15) is 34.5 Å². The third-order valence-corrected chi connectivity index (χ3v) is 6.78. The van der Waals surface area contributed by atoms with Crippen molar-refractivity contribution in [2.45, 2.75) is 26.3 Å². The van der Waals surface area contributed by atoms with E-state index in [4.69, 9.17) is 4.74 Å². The normalized spacial score (nSPS) is 17.7. The number of phenols is 1. The molecule has 0 bridgehead atoms. The van der Waals surface area contributed by atoms with E-state index in [0.717, 1.165) is 36.0 Å². The minimum atomic E-state index is -0.500. The van der Waals surface area contributed by atoms with E-state index < -0.39 is 11.0 Å². The van der Waals surface area contributed by atoms with E-state index in [2.05, 4.69) is 39.7 Å². The lowest BCUT2D eigenvalue weighted by atomic mass is 9.94. The van der Waals surface area contributed by atoms with Crippen LogP contribution >= 0.6 is 0 Å². The molecule has 3 aromatic heterocycles. The third kappa shape index (κ3) is 4.06. The number of aromatic nitrogens is 6. The van der Waals surface area contributed by atoms with Crippen molar-refractivity contribution < 1.29 is 14.8 Å². The lowest BCUT2D eigenvalue weighted by molar-refractivity contribution is -0.384. The van der Waals surface area contributed by atoms with E-state index >= 15 is 0 Å². The second-order valence-electron chi connectivity index (χ2n) is 9.15. The topological polar surface area (TPSA) is 159 Å². The molecule has 1 saturated heterocycles. The van der Waals surface area contributed by atoms with Gasteiger partial charge in [-0.1, -0.05) is 0 Å². The summed E-state index contributed by atoms with van der Waals surface area (Å²) >= 11 is 0. The molecular formula is C24H25N9O4. The SMILES string of the molecule is Cc1nc(C)nc(N2CCc3c([nH]c4c(O)cc([N+](=O)[O-])cc34)C2c2cnc(N3CCOCC3)nc2)n1. The van der Waals surface area contributed by atoms with Gasteiger partial charge in [-0.05, 0) is 25.8 Å². The van der Waals surface area contributed by atoms with Crippen molar-refractivity contribution in [3.8, 4) is 5.75 Å². The molecule has 0 amide bonds. The molecule has 0 radical (unpaired) electrons. The number of benzene rings is 1. The molecule has 2 aliphatic heterocycles. The smallest absolute Gasteiger partial charge is 0.273 e. The summed E-state index contributed by atoms with van der Waals surface area (Å²) in [6.07, 6.45) is 4.15. The number of nitrogens with zero attached hydrogens (tertiary/aromatic N) is 8. The number of H-pyrrole nitrogens is 1. The Morgan fingerprint density at radius 3 is 2.43 bits per heavy atom. The molecule has 0 aliphatic carbocycles. The molecule has 1 atom stereocenters. The second-order valence-corrected chi connectivity index (χ2v) is 9.15. The van der Waals surface area contributed by atoms with Crippen LogP contribution < -0.4 is 9.80 Å². The van der Waals surface area contributed by atoms with Gasteiger partial charge in [-0.15, -0.1) is 0 Å². The summed E-state index contributed by atoms with van der Waals surface area (Å²) in [7, 11) is 0. The van der Waals surface area contributed by atoms with Crippen LogP contribution in [0.3, 0.4) is 0 Å². The summed E-state index contributed by atoms with van der Waals surface area (Å²) in [6.45, 7) is 6.90. The van der Waals surface area contributed by atoms with Crippen LogP contribution in [-0.4, -0.2) is 72.8 Å². The number of nitro benzene ring substituents is 1. The van der Waals surface area contributed by atoms with Crippen LogP contribution in [-0.2, 0) is 11.2 Å². The lowest BCUT2D eigenvalue weighted by Gasteiger charge is -2.36. The standard InChI is InChI=1S/C24H25N9O4/c1-13-27-14(2)29-24(28-13)32-4-3-17-18-9-16(33(35)36)10-19(34)20(18)30-21(17)22(32)15-11-25-23(26-12-15)31-5-7-37-8-6-31/h9-12,22,30,34H,3-8H2,1-2H3. The fourth-order valence-corrected chi connectivity index (χ4v) is 5.15. The van der Waals surface area contributed by atoms with Crippen LogP contribution in [0, 0.1) is 24.0 Å². The summed E-state index contributed by atoms with van der Waals surface area (Å²) in [5.41, 5.74) is 2.78. The van der Waals surface area contributed by atoms with Crippen LogP contribution in [0.5, 0.6) is 5.75 Å². The molecule has 37 heavy (non-hydrogen) atoms. The van der Waals surface area contributed by atoms with Gasteiger partial charge in [0.15, 0.2) is 0 Å². The number of hydrogen-bond donors (Lipinski definition) is 2. The second kappa shape index (κ2) is 8.92. The molecule has 6 rings (SSSR count). The van der Waals surface area contributed by atoms with Gasteiger partial charge in [0.1, 0.15) is 23.4 Å². The van der Waals surface area contributed by atoms with Crippen LogP contribution in [0.2, 0.25) is 0 Å². The van der Waals surface area contributed by atoms with Gasteiger partial charge in [-0.2, -0.15) is 9.97 Å². The van der Waals surface area contributed by atoms with Crippen molar-refractivity contribution in [1.82, 2.24) is 29.9 Å². The highest BCUT2D eigenvalue weighted by molar-refractivity contribution is 5.92. The average molecular weight is 504 g/mol. The van der Waals surface area contributed by atoms with E-state index in [-0.39, 0.29) is 11.4 Å². The number of rotatable bonds is 4. The van der Waals surface area contributed by atoms with Crippen molar-refractivity contribution in [1.29, 1.82) is 0 Å². The maximum Gasteiger partial charge on any atom is 0.273 e. The Bertz CT molecular complexity index is 1480. The molecule has 0 saturated carbocycles. The van der Waals surface area contributed by atoms with Crippen LogP contribution in [0.4, 0.5) is 17.6 Å². The maximum atomic E-state index is 11.5. The molecule has 2 N–H and O–H groups in total. The first kappa shape index (κ1) is 23.0. The number of aryl methyl sites for hydroxylation is 2. The molecule has 5 heterocycles. The minimum Gasteiger partial charge on any atom is -0.505 e. The largest absolute Gasteiger partial charge is 0.505 e. The Hall–Kier alpha value is -4.39.